The monoisotopic (exact) mass is 390 g/mol. The number of rotatable bonds is 1. The van der Waals surface area contributed by atoms with Crippen molar-refractivity contribution in [3.05, 3.63) is 34.3 Å². The lowest BCUT2D eigenvalue weighted by Gasteiger charge is -2.49. The van der Waals surface area contributed by atoms with Gasteiger partial charge in [0, 0.05) is 4.47 Å². The van der Waals surface area contributed by atoms with Gasteiger partial charge in [-0.2, -0.15) is 0 Å². The summed E-state index contributed by atoms with van der Waals surface area (Å²) in [5.41, 5.74) is -0.402. The maximum atomic E-state index is 13.7. The lowest BCUT2D eigenvalue weighted by Crippen LogP contribution is -2.57. The molecule has 0 amide bonds. The van der Waals surface area contributed by atoms with Crippen LogP contribution < -0.4 is 0 Å². The number of benzene rings is 1. The third kappa shape index (κ3) is 2.29. The van der Waals surface area contributed by atoms with Gasteiger partial charge in [-0.25, -0.2) is 0 Å². The van der Waals surface area contributed by atoms with Crippen LogP contribution in [0.2, 0.25) is 0 Å². The van der Waals surface area contributed by atoms with Crippen molar-refractivity contribution >= 4 is 27.7 Å². The third-order valence-electron chi connectivity index (χ3n) is 6.38. The molecule has 1 heterocycles. The molecule has 1 atom stereocenters. The van der Waals surface area contributed by atoms with Crippen LogP contribution in [0.3, 0.4) is 0 Å². The molecule has 2 spiro atoms. The highest BCUT2D eigenvalue weighted by Crippen LogP contribution is 2.59. The molecular weight excluding hydrogens is 368 g/mol. The molecule has 4 heteroatoms. The van der Waals surface area contributed by atoms with Gasteiger partial charge in [-0.05, 0) is 43.4 Å². The second-order valence-electron chi connectivity index (χ2n) is 7.67. The van der Waals surface area contributed by atoms with E-state index < -0.39 is 16.9 Å². The highest BCUT2D eigenvalue weighted by atomic mass is 79.9. The van der Waals surface area contributed by atoms with Crippen molar-refractivity contribution in [2.24, 2.45) is 10.8 Å². The van der Waals surface area contributed by atoms with Gasteiger partial charge in [0.1, 0.15) is 11.5 Å². The van der Waals surface area contributed by atoms with Crippen LogP contribution >= 0.6 is 15.9 Å². The van der Waals surface area contributed by atoms with E-state index >= 15 is 0 Å². The second kappa shape index (κ2) is 5.98. The van der Waals surface area contributed by atoms with E-state index in [1.54, 1.807) is 0 Å². The van der Waals surface area contributed by atoms with E-state index in [-0.39, 0.29) is 11.8 Å². The van der Waals surface area contributed by atoms with Gasteiger partial charge in [0.25, 0.3) is 0 Å². The van der Waals surface area contributed by atoms with Gasteiger partial charge >= 0.3 is 5.97 Å². The number of ketones is 1. The third-order valence-corrected chi connectivity index (χ3v) is 6.91. The highest BCUT2D eigenvalue weighted by Gasteiger charge is 2.64. The van der Waals surface area contributed by atoms with E-state index in [9.17, 15) is 9.59 Å². The Morgan fingerprint density at radius 3 is 2.08 bits per heavy atom. The molecule has 3 nitrogen and oxygen atoms in total. The largest absolute Gasteiger partial charge is 0.456 e. The number of halogens is 1. The summed E-state index contributed by atoms with van der Waals surface area (Å²) in [5, 5.41) is 0. The van der Waals surface area contributed by atoms with E-state index in [1.807, 2.05) is 24.3 Å². The predicted molar refractivity (Wildman–Crippen MR) is 94.4 cm³/mol. The summed E-state index contributed by atoms with van der Waals surface area (Å²) in [6.07, 6.45) is 7.77. The molecule has 0 bridgehead atoms. The number of carbonyl (C=O) groups is 2. The zero-order valence-corrected chi connectivity index (χ0v) is 15.4. The highest BCUT2D eigenvalue weighted by molar-refractivity contribution is 9.10. The Bertz CT molecular complexity index is 652. The molecule has 4 rings (SSSR count). The Balaban J connectivity index is 1.77. The van der Waals surface area contributed by atoms with Crippen molar-refractivity contribution in [3.63, 3.8) is 0 Å². The maximum absolute atomic E-state index is 13.7. The van der Waals surface area contributed by atoms with E-state index in [0.29, 0.717) is 12.8 Å². The molecule has 1 aromatic rings. The van der Waals surface area contributed by atoms with Crippen molar-refractivity contribution < 1.29 is 14.3 Å². The molecule has 1 aromatic carbocycles. The van der Waals surface area contributed by atoms with E-state index in [0.717, 1.165) is 55.0 Å². The van der Waals surface area contributed by atoms with Crippen LogP contribution in [-0.2, 0) is 14.3 Å². The summed E-state index contributed by atoms with van der Waals surface area (Å²) in [7, 11) is 0. The Labute approximate surface area is 151 Å². The number of cyclic esters (lactones) is 1. The summed E-state index contributed by atoms with van der Waals surface area (Å²) in [5.74, 6) is -0.0750. The Kier molecular flexibility index (Phi) is 4.06. The maximum Gasteiger partial charge on any atom is 0.320 e. The molecule has 1 saturated heterocycles. The fourth-order valence-electron chi connectivity index (χ4n) is 5.13. The van der Waals surface area contributed by atoms with Crippen LogP contribution in [0.15, 0.2) is 28.7 Å². The van der Waals surface area contributed by atoms with Crippen molar-refractivity contribution in [2.75, 3.05) is 0 Å². The number of hydrogen-bond donors (Lipinski definition) is 0. The first-order valence-corrected chi connectivity index (χ1v) is 9.89. The molecule has 3 aliphatic rings. The molecule has 0 aromatic heterocycles. The first kappa shape index (κ1) is 16.3. The zero-order chi connectivity index (χ0) is 16.8. The SMILES string of the molecule is O=C1O[C@@H](c2ccc(Br)cc2)C2(CCCC2)C(=O)C12CCCCC2. The first-order valence-electron chi connectivity index (χ1n) is 9.10. The fraction of sp³-hybridized carbons (Fsp3) is 0.600. The summed E-state index contributed by atoms with van der Waals surface area (Å²) in [6.45, 7) is 0. The molecule has 24 heavy (non-hydrogen) atoms. The van der Waals surface area contributed by atoms with Crippen molar-refractivity contribution in [2.45, 2.75) is 63.9 Å². The number of Topliss-reactive ketones (excluding diaryl/α,β-unsaturated/α-hetero) is 1. The van der Waals surface area contributed by atoms with Crippen LogP contribution in [0.4, 0.5) is 0 Å². The quantitative estimate of drug-likeness (QED) is 0.493. The Morgan fingerprint density at radius 2 is 1.46 bits per heavy atom. The number of hydrogen-bond acceptors (Lipinski definition) is 3. The minimum Gasteiger partial charge on any atom is -0.456 e. The van der Waals surface area contributed by atoms with Gasteiger partial charge in [-0.3, -0.25) is 9.59 Å². The molecule has 2 saturated carbocycles. The average molecular weight is 391 g/mol. The Hall–Kier alpha value is -1.16. The van der Waals surface area contributed by atoms with Crippen molar-refractivity contribution in [3.8, 4) is 0 Å². The fourth-order valence-corrected chi connectivity index (χ4v) is 5.39. The van der Waals surface area contributed by atoms with Gasteiger partial charge in [-0.15, -0.1) is 0 Å². The van der Waals surface area contributed by atoms with Crippen LogP contribution in [0.5, 0.6) is 0 Å². The first-order chi connectivity index (χ1) is 11.6. The topological polar surface area (TPSA) is 43.4 Å². The standard InChI is InChI=1S/C20H23BrO3/c21-15-8-6-14(7-9-15)16-19(10-4-5-11-19)17(22)20(18(23)24-16)12-2-1-3-13-20/h6-9,16H,1-5,10-13H2/t16-/m0/s1. The number of carbonyl (C=O) groups excluding carboxylic acids is 2. The van der Waals surface area contributed by atoms with Gasteiger partial charge in [0.2, 0.25) is 0 Å². The summed E-state index contributed by atoms with van der Waals surface area (Å²) < 4.78 is 7.03. The van der Waals surface area contributed by atoms with E-state index in [2.05, 4.69) is 15.9 Å². The van der Waals surface area contributed by atoms with Crippen LogP contribution in [0, 0.1) is 10.8 Å². The lowest BCUT2D eigenvalue weighted by atomic mass is 9.58. The molecule has 0 N–H and O–H groups in total. The minimum atomic E-state index is -0.853. The van der Waals surface area contributed by atoms with Gasteiger partial charge in [-0.1, -0.05) is 60.2 Å². The molecule has 1 aliphatic heterocycles. The number of esters is 1. The zero-order valence-electron chi connectivity index (χ0n) is 13.9. The smallest absolute Gasteiger partial charge is 0.320 e. The van der Waals surface area contributed by atoms with Gasteiger partial charge < -0.3 is 4.74 Å². The van der Waals surface area contributed by atoms with Gasteiger partial charge in [0.05, 0.1) is 5.41 Å². The molecule has 0 radical (unpaired) electrons. The molecule has 3 fully saturated rings. The number of ether oxygens (including phenoxy) is 1. The van der Waals surface area contributed by atoms with Crippen molar-refractivity contribution in [1.29, 1.82) is 0 Å². The van der Waals surface area contributed by atoms with Crippen LogP contribution in [0.25, 0.3) is 0 Å². The normalized spacial score (nSPS) is 28.3. The predicted octanol–water partition coefficient (Wildman–Crippen LogP) is 5.13. The summed E-state index contributed by atoms with van der Waals surface area (Å²) in [6, 6.07) is 7.88. The average Bonchev–Trinajstić information content (AvgIpc) is 3.09. The molecule has 0 unspecified atom stereocenters. The lowest BCUT2D eigenvalue weighted by molar-refractivity contribution is -0.194. The van der Waals surface area contributed by atoms with Crippen LogP contribution in [-0.4, -0.2) is 11.8 Å². The van der Waals surface area contributed by atoms with Gasteiger partial charge in [0.15, 0.2) is 5.78 Å². The van der Waals surface area contributed by atoms with Crippen molar-refractivity contribution in [1.82, 2.24) is 0 Å². The molecule has 128 valence electrons. The summed E-state index contributed by atoms with van der Waals surface area (Å²) >= 11 is 3.45. The molecular formula is C20H23BrO3. The minimum absolute atomic E-state index is 0.191. The van der Waals surface area contributed by atoms with E-state index in [4.69, 9.17) is 4.74 Å². The van der Waals surface area contributed by atoms with E-state index in [1.165, 1.54) is 0 Å². The Morgan fingerprint density at radius 1 is 0.875 bits per heavy atom. The summed E-state index contributed by atoms with van der Waals surface area (Å²) in [4.78, 5) is 26.6. The molecule has 2 aliphatic carbocycles. The van der Waals surface area contributed by atoms with Crippen LogP contribution in [0.1, 0.15) is 69.5 Å². The second-order valence-corrected chi connectivity index (χ2v) is 8.59.